The minimum absolute atomic E-state index is 0.0271. The second-order valence-corrected chi connectivity index (χ2v) is 9.19. The Balaban J connectivity index is 1.85. The minimum Gasteiger partial charge on any atom is -0.352 e. The number of benzene rings is 2. The molecule has 4 nitrogen and oxygen atoms in total. The Morgan fingerprint density at radius 2 is 1.65 bits per heavy atom. The topological polar surface area (TPSA) is 49.4 Å². The van der Waals surface area contributed by atoms with Crippen molar-refractivity contribution in [2.24, 2.45) is 0 Å². The summed E-state index contributed by atoms with van der Waals surface area (Å²) < 4.78 is 0. The third kappa shape index (κ3) is 6.38. The minimum atomic E-state index is -0.579. The maximum absolute atomic E-state index is 13.4. The van der Waals surface area contributed by atoms with E-state index < -0.39 is 6.04 Å². The molecule has 1 saturated carbocycles. The lowest BCUT2D eigenvalue weighted by molar-refractivity contribution is -0.141. The molecule has 0 bridgehead atoms. The summed E-state index contributed by atoms with van der Waals surface area (Å²) in [7, 11) is 0. The van der Waals surface area contributed by atoms with E-state index in [2.05, 4.69) is 5.32 Å². The number of halogens is 3. The van der Waals surface area contributed by atoms with Crippen molar-refractivity contribution in [3.05, 3.63) is 68.7 Å². The van der Waals surface area contributed by atoms with Gasteiger partial charge < -0.3 is 10.2 Å². The average Bonchev–Trinajstić information content (AvgIpc) is 3.25. The zero-order valence-electron chi connectivity index (χ0n) is 17.5. The van der Waals surface area contributed by atoms with Crippen LogP contribution in [-0.4, -0.2) is 28.8 Å². The van der Waals surface area contributed by atoms with Gasteiger partial charge in [0.05, 0.1) is 6.42 Å². The first-order valence-electron chi connectivity index (χ1n) is 10.7. The highest BCUT2D eigenvalue weighted by atomic mass is 35.5. The van der Waals surface area contributed by atoms with Crippen LogP contribution in [0.15, 0.2) is 42.5 Å². The Morgan fingerprint density at radius 1 is 1.03 bits per heavy atom. The Kier molecular flexibility index (Phi) is 8.65. The largest absolute Gasteiger partial charge is 0.352 e. The van der Waals surface area contributed by atoms with Crippen molar-refractivity contribution in [3.63, 3.8) is 0 Å². The predicted octanol–water partition coefficient (Wildman–Crippen LogP) is 6.06. The monoisotopic (exact) mass is 480 g/mol. The smallest absolute Gasteiger partial charge is 0.243 e. The highest BCUT2D eigenvalue weighted by Crippen LogP contribution is 2.26. The van der Waals surface area contributed by atoms with E-state index in [1.165, 1.54) is 0 Å². The van der Waals surface area contributed by atoms with E-state index >= 15 is 0 Å². The van der Waals surface area contributed by atoms with Crippen LogP contribution < -0.4 is 5.32 Å². The predicted molar refractivity (Wildman–Crippen MR) is 127 cm³/mol. The van der Waals surface area contributed by atoms with Gasteiger partial charge in [0, 0.05) is 27.7 Å². The summed E-state index contributed by atoms with van der Waals surface area (Å²) in [4.78, 5) is 28.2. The van der Waals surface area contributed by atoms with Gasteiger partial charge in [-0.1, -0.05) is 72.8 Å². The number of carbonyl (C=O) groups is 2. The summed E-state index contributed by atoms with van der Waals surface area (Å²) in [5.41, 5.74) is 1.47. The fourth-order valence-corrected chi connectivity index (χ4v) is 4.68. The summed E-state index contributed by atoms with van der Waals surface area (Å²) >= 11 is 18.6. The SMILES string of the molecule is CC[C@@H](C(=O)NC1CCCC1)N(Cc1ccc(Cl)cc1)C(=O)Cc1c(Cl)cccc1Cl. The first-order chi connectivity index (χ1) is 14.9. The van der Waals surface area contributed by atoms with Gasteiger partial charge in [0.1, 0.15) is 6.04 Å². The lowest BCUT2D eigenvalue weighted by Gasteiger charge is -2.32. The Labute approximate surface area is 198 Å². The molecule has 0 radical (unpaired) electrons. The van der Waals surface area contributed by atoms with Crippen LogP contribution in [0.25, 0.3) is 0 Å². The molecule has 1 aliphatic rings. The van der Waals surface area contributed by atoms with Crippen LogP contribution in [0.2, 0.25) is 15.1 Å². The van der Waals surface area contributed by atoms with Crippen molar-refractivity contribution in [2.75, 3.05) is 0 Å². The maximum atomic E-state index is 13.4. The standard InChI is InChI=1S/C24H27Cl3N2O2/c1-2-22(24(31)28-18-6-3-4-7-18)29(15-16-10-12-17(25)13-11-16)23(30)14-19-20(26)8-5-9-21(19)27/h5,8-13,18,22H,2-4,6-7,14-15H2,1H3,(H,28,31)/t22-/m0/s1. The van der Waals surface area contributed by atoms with Crippen molar-refractivity contribution in [1.82, 2.24) is 10.2 Å². The van der Waals surface area contributed by atoms with Crippen LogP contribution in [0.4, 0.5) is 0 Å². The quantitative estimate of drug-likeness (QED) is 0.498. The molecule has 2 aromatic rings. The van der Waals surface area contributed by atoms with Gasteiger partial charge in [-0.15, -0.1) is 0 Å². The number of rotatable bonds is 8. The van der Waals surface area contributed by atoms with Gasteiger partial charge in [-0.05, 0) is 54.7 Å². The van der Waals surface area contributed by atoms with E-state index in [0.717, 1.165) is 31.2 Å². The molecule has 1 atom stereocenters. The molecule has 0 aliphatic heterocycles. The van der Waals surface area contributed by atoms with Gasteiger partial charge in [0.25, 0.3) is 0 Å². The van der Waals surface area contributed by atoms with Crippen LogP contribution in [0.1, 0.15) is 50.2 Å². The number of hydrogen-bond donors (Lipinski definition) is 1. The molecule has 0 spiro atoms. The molecule has 0 unspecified atom stereocenters. The summed E-state index contributed by atoms with van der Waals surface area (Å²) in [5.74, 6) is -0.305. The summed E-state index contributed by atoms with van der Waals surface area (Å²) in [6.07, 6.45) is 4.76. The number of amides is 2. The molecule has 1 fully saturated rings. The number of carbonyl (C=O) groups excluding carboxylic acids is 2. The summed E-state index contributed by atoms with van der Waals surface area (Å²) in [5, 5.41) is 4.64. The van der Waals surface area contributed by atoms with Crippen LogP contribution in [0.5, 0.6) is 0 Å². The van der Waals surface area contributed by atoms with Crippen LogP contribution >= 0.6 is 34.8 Å². The molecule has 1 N–H and O–H groups in total. The van der Waals surface area contributed by atoms with Gasteiger partial charge in [-0.2, -0.15) is 0 Å². The molecule has 0 aromatic heterocycles. The third-order valence-corrected chi connectivity index (χ3v) is 6.70. The van der Waals surface area contributed by atoms with Crippen molar-refractivity contribution in [3.8, 4) is 0 Å². The van der Waals surface area contributed by atoms with E-state index in [0.29, 0.717) is 33.6 Å². The van der Waals surface area contributed by atoms with Crippen molar-refractivity contribution in [1.29, 1.82) is 0 Å². The summed E-state index contributed by atoms with van der Waals surface area (Å²) in [6.45, 7) is 2.22. The average molecular weight is 482 g/mol. The van der Waals surface area contributed by atoms with Crippen molar-refractivity contribution >= 4 is 46.6 Å². The van der Waals surface area contributed by atoms with Crippen LogP contribution in [0.3, 0.4) is 0 Å². The molecule has 7 heteroatoms. The summed E-state index contributed by atoms with van der Waals surface area (Å²) in [6, 6.07) is 12.1. The van der Waals surface area contributed by atoms with Crippen LogP contribution in [-0.2, 0) is 22.6 Å². The van der Waals surface area contributed by atoms with Crippen LogP contribution in [0, 0.1) is 0 Å². The molecule has 3 rings (SSSR count). The first-order valence-corrected chi connectivity index (χ1v) is 11.8. The number of hydrogen-bond acceptors (Lipinski definition) is 2. The van der Waals surface area contributed by atoms with E-state index in [4.69, 9.17) is 34.8 Å². The zero-order valence-corrected chi connectivity index (χ0v) is 19.8. The molecule has 2 amide bonds. The van der Waals surface area contributed by atoms with E-state index in [9.17, 15) is 9.59 Å². The Hall–Kier alpha value is -1.75. The third-order valence-electron chi connectivity index (χ3n) is 5.74. The van der Waals surface area contributed by atoms with Gasteiger partial charge in [0.15, 0.2) is 0 Å². The lowest BCUT2D eigenvalue weighted by Crippen LogP contribution is -2.51. The van der Waals surface area contributed by atoms with E-state index in [1.54, 1.807) is 35.2 Å². The highest BCUT2D eigenvalue weighted by molar-refractivity contribution is 6.36. The normalized spacial score (nSPS) is 15.0. The first kappa shape index (κ1) is 23.9. The fraction of sp³-hybridized carbons (Fsp3) is 0.417. The van der Waals surface area contributed by atoms with Crippen molar-refractivity contribution in [2.45, 2.75) is 64.1 Å². The second-order valence-electron chi connectivity index (χ2n) is 7.94. The molecule has 0 saturated heterocycles. The number of nitrogens with zero attached hydrogens (tertiary/aromatic N) is 1. The van der Waals surface area contributed by atoms with Gasteiger partial charge >= 0.3 is 0 Å². The highest BCUT2D eigenvalue weighted by Gasteiger charge is 2.31. The molecule has 2 aromatic carbocycles. The van der Waals surface area contributed by atoms with Gasteiger partial charge in [-0.3, -0.25) is 9.59 Å². The van der Waals surface area contributed by atoms with E-state index in [1.807, 2.05) is 19.1 Å². The Bertz CT molecular complexity index is 891. The molecular weight excluding hydrogens is 455 g/mol. The van der Waals surface area contributed by atoms with Gasteiger partial charge in [0.2, 0.25) is 11.8 Å². The van der Waals surface area contributed by atoms with Crippen molar-refractivity contribution < 1.29 is 9.59 Å². The zero-order chi connectivity index (χ0) is 22.4. The maximum Gasteiger partial charge on any atom is 0.243 e. The molecule has 0 heterocycles. The lowest BCUT2D eigenvalue weighted by atomic mass is 10.1. The number of nitrogens with one attached hydrogen (secondary N) is 1. The molecular formula is C24H27Cl3N2O2. The molecule has 166 valence electrons. The molecule has 1 aliphatic carbocycles. The van der Waals surface area contributed by atoms with Gasteiger partial charge in [-0.25, -0.2) is 0 Å². The second kappa shape index (κ2) is 11.2. The van der Waals surface area contributed by atoms with E-state index in [-0.39, 0.29) is 24.3 Å². The fourth-order valence-electron chi connectivity index (χ4n) is 4.03. The Morgan fingerprint density at radius 3 is 2.23 bits per heavy atom. The molecule has 31 heavy (non-hydrogen) atoms.